The van der Waals surface area contributed by atoms with Crippen molar-refractivity contribution in [3.63, 3.8) is 0 Å². The van der Waals surface area contributed by atoms with Gasteiger partial charge in [-0.05, 0) is 6.08 Å². The molecule has 2 rings (SSSR count). The maximum Gasteiger partial charge on any atom is 0.303 e. The molecule has 8 atom stereocenters. The quantitative estimate of drug-likeness (QED) is 0.254. The van der Waals surface area contributed by atoms with Gasteiger partial charge < -0.3 is 42.6 Å². The lowest BCUT2D eigenvalue weighted by molar-refractivity contribution is -0.328. The highest BCUT2D eigenvalue weighted by molar-refractivity contribution is 5.69. The van der Waals surface area contributed by atoms with Gasteiger partial charge in [0.15, 0.2) is 36.8 Å². The van der Waals surface area contributed by atoms with Crippen molar-refractivity contribution in [3.8, 4) is 0 Å². The first-order valence-electron chi connectivity index (χ1n) is 11.9. The molecule has 2 heterocycles. The third kappa shape index (κ3) is 9.83. The lowest BCUT2D eigenvalue weighted by atomic mass is 9.97. The van der Waals surface area contributed by atoms with E-state index in [-0.39, 0.29) is 6.61 Å². The number of hydrogen-bond acceptors (Lipinski definition) is 15. The summed E-state index contributed by atoms with van der Waals surface area (Å²) in [5, 5.41) is 0. The van der Waals surface area contributed by atoms with Gasteiger partial charge in [0.25, 0.3) is 0 Å². The highest BCUT2D eigenvalue weighted by Crippen LogP contribution is 2.32. The minimum Gasteiger partial charge on any atom is -0.492 e. The van der Waals surface area contributed by atoms with Crippen LogP contribution in [-0.4, -0.2) is 98.0 Å². The first kappa shape index (κ1) is 31.5. The maximum atomic E-state index is 12.0. The Hall–Kier alpha value is -3.72. The van der Waals surface area contributed by atoms with E-state index in [1.807, 2.05) is 0 Å². The second-order valence-corrected chi connectivity index (χ2v) is 8.55. The van der Waals surface area contributed by atoms with Crippen molar-refractivity contribution in [3.05, 3.63) is 12.3 Å². The fraction of sp³-hybridized carbons (Fsp3) is 0.667. The molecule has 218 valence electrons. The fourth-order valence-corrected chi connectivity index (χ4v) is 3.87. The average Bonchev–Trinajstić information content (AvgIpc) is 2.80. The Balaban J connectivity index is 2.52. The molecule has 15 nitrogen and oxygen atoms in total. The molecule has 0 amide bonds. The highest BCUT2D eigenvalue weighted by Gasteiger charge is 2.54. The first-order valence-corrected chi connectivity index (χ1v) is 11.9. The Morgan fingerprint density at radius 1 is 0.590 bits per heavy atom. The topological polar surface area (TPSA) is 185 Å². The molecule has 1 fully saturated rings. The second kappa shape index (κ2) is 14.4. The van der Waals surface area contributed by atoms with E-state index in [2.05, 4.69) is 0 Å². The van der Waals surface area contributed by atoms with E-state index in [9.17, 15) is 28.8 Å². The highest BCUT2D eigenvalue weighted by atomic mass is 16.7. The minimum absolute atomic E-state index is 0.326. The van der Waals surface area contributed by atoms with E-state index in [1.54, 1.807) is 0 Å². The van der Waals surface area contributed by atoms with Crippen LogP contribution in [0.3, 0.4) is 0 Å². The van der Waals surface area contributed by atoms with Crippen molar-refractivity contribution < 1.29 is 71.4 Å². The second-order valence-electron chi connectivity index (χ2n) is 8.55. The van der Waals surface area contributed by atoms with E-state index >= 15 is 0 Å². The molecule has 2 aliphatic rings. The molecule has 39 heavy (non-hydrogen) atoms. The van der Waals surface area contributed by atoms with Crippen molar-refractivity contribution in [2.75, 3.05) is 13.2 Å². The van der Waals surface area contributed by atoms with Gasteiger partial charge in [-0.15, -0.1) is 0 Å². The summed E-state index contributed by atoms with van der Waals surface area (Å²) in [4.78, 5) is 70.6. The first-order chi connectivity index (χ1) is 18.3. The molecule has 0 aromatic heterocycles. The van der Waals surface area contributed by atoms with Crippen molar-refractivity contribution in [2.24, 2.45) is 0 Å². The summed E-state index contributed by atoms with van der Waals surface area (Å²) in [7, 11) is 0. The zero-order valence-corrected chi connectivity index (χ0v) is 22.3. The summed E-state index contributed by atoms with van der Waals surface area (Å²) in [5.74, 6) is -4.43. The van der Waals surface area contributed by atoms with Gasteiger partial charge in [0.2, 0.25) is 0 Å². The molecule has 8 unspecified atom stereocenters. The average molecular weight is 561 g/mol. The van der Waals surface area contributed by atoms with Crippen LogP contribution in [0.5, 0.6) is 0 Å². The SMILES string of the molecule is CC(=O)OCC1OC=CC(OC(C)=O)C1OC1OC(COC(C)=O)C(OC(C)=O)C(OC(C)=O)C1OC(C)=O. The van der Waals surface area contributed by atoms with E-state index in [1.165, 1.54) is 19.3 Å². The van der Waals surface area contributed by atoms with Crippen LogP contribution in [0.2, 0.25) is 0 Å². The largest absolute Gasteiger partial charge is 0.492 e. The van der Waals surface area contributed by atoms with Crippen LogP contribution < -0.4 is 0 Å². The Morgan fingerprint density at radius 2 is 1.08 bits per heavy atom. The van der Waals surface area contributed by atoms with Crippen molar-refractivity contribution >= 4 is 35.8 Å². The van der Waals surface area contributed by atoms with Gasteiger partial charge in [-0.3, -0.25) is 28.8 Å². The number of hydrogen-bond donors (Lipinski definition) is 0. The molecule has 2 aliphatic heterocycles. The standard InChI is InChI=1S/C24H32O15/c1-11(25)32-9-18-20(17(7-8-31-18)34-13(3)27)39-24-23(37-16(6)30)22(36-15(5)29)21(35-14(4)28)19(38-24)10-33-12(2)26/h7-8,17-24H,9-10H2,1-6H3. The molecule has 0 aromatic rings. The van der Waals surface area contributed by atoms with Crippen molar-refractivity contribution in [2.45, 2.75) is 90.6 Å². The predicted molar refractivity (Wildman–Crippen MR) is 123 cm³/mol. The van der Waals surface area contributed by atoms with Crippen LogP contribution in [-0.2, 0) is 71.4 Å². The fourth-order valence-electron chi connectivity index (χ4n) is 3.87. The normalized spacial score (nSPS) is 29.7. The molecule has 0 aromatic carbocycles. The Morgan fingerprint density at radius 3 is 1.59 bits per heavy atom. The van der Waals surface area contributed by atoms with Gasteiger partial charge in [0.05, 0.1) is 6.26 Å². The van der Waals surface area contributed by atoms with E-state index in [4.69, 9.17) is 42.6 Å². The van der Waals surface area contributed by atoms with Crippen LogP contribution in [0.1, 0.15) is 41.5 Å². The Labute approximate surface area is 223 Å². The summed E-state index contributed by atoms with van der Waals surface area (Å²) < 4.78 is 49.0. The molecule has 0 saturated carbocycles. The van der Waals surface area contributed by atoms with Gasteiger partial charge in [-0.25, -0.2) is 0 Å². The predicted octanol–water partition coefficient (Wildman–Crippen LogP) is -0.138. The Kier molecular flexibility index (Phi) is 11.7. The van der Waals surface area contributed by atoms with E-state index < -0.39 is 91.4 Å². The van der Waals surface area contributed by atoms with Crippen LogP contribution >= 0.6 is 0 Å². The van der Waals surface area contributed by atoms with Gasteiger partial charge in [0, 0.05) is 41.5 Å². The molecule has 0 spiro atoms. The number of rotatable bonds is 10. The molecule has 0 N–H and O–H groups in total. The van der Waals surface area contributed by atoms with Crippen LogP contribution in [0.4, 0.5) is 0 Å². The lowest BCUT2D eigenvalue weighted by Crippen LogP contribution is -2.64. The molecular formula is C24H32O15. The van der Waals surface area contributed by atoms with Gasteiger partial charge >= 0.3 is 35.8 Å². The molecule has 0 bridgehead atoms. The summed E-state index contributed by atoms with van der Waals surface area (Å²) in [5.41, 5.74) is 0. The molecule has 15 heteroatoms. The zero-order valence-electron chi connectivity index (χ0n) is 22.3. The number of carbonyl (C=O) groups excluding carboxylic acids is 6. The number of carbonyl (C=O) groups is 6. The maximum absolute atomic E-state index is 12.0. The molecule has 0 aliphatic carbocycles. The van der Waals surface area contributed by atoms with E-state index in [0.29, 0.717) is 0 Å². The molecule has 0 radical (unpaired) electrons. The van der Waals surface area contributed by atoms with Crippen molar-refractivity contribution in [1.29, 1.82) is 0 Å². The summed E-state index contributed by atoms with van der Waals surface area (Å²) >= 11 is 0. The van der Waals surface area contributed by atoms with Gasteiger partial charge in [0.1, 0.15) is 25.4 Å². The van der Waals surface area contributed by atoms with Crippen molar-refractivity contribution in [1.82, 2.24) is 0 Å². The third-order valence-electron chi connectivity index (χ3n) is 5.20. The third-order valence-corrected chi connectivity index (χ3v) is 5.20. The Bertz CT molecular complexity index is 959. The number of ether oxygens (including phenoxy) is 9. The molecule has 1 saturated heterocycles. The van der Waals surface area contributed by atoms with Crippen LogP contribution in [0.25, 0.3) is 0 Å². The van der Waals surface area contributed by atoms with Gasteiger partial charge in [-0.2, -0.15) is 0 Å². The molecular weight excluding hydrogens is 528 g/mol. The smallest absolute Gasteiger partial charge is 0.303 e. The minimum atomic E-state index is -1.58. The zero-order chi connectivity index (χ0) is 29.3. The monoisotopic (exact) mass is 560 g/mol. The summed E-state index contributed by atoms with van der Waals surface area (Å²) in [6, 6.07) is 0. The van der Waals surface area contributed by atoms with E-state index in [0.717, 1.165) is 34.6 Å². The van der Waals surface area contributed by atoms with Gasteiger partial charge in [-0.1, -0.05) is 0 Å². The summed E-state index contributed by atoms with van der Waals surface area (Å²) in [6.07, 6.45) is -7.97. The summed E-state index contributed by atoms with van der Waals surface area (Å²) in [6.45, 7) is 5.92. The van der Waals surface area contributed by atoms with Crippen LogP contribution in [0.15, 0.2) is 12.3 Å². The number of esters is 6. The lowest BCUT2D eigenvalue weighted by Gasteiger charge is -2.46. The van der Waals surface area contributed by atoms with Crippen LogP contribution in [0, 0.1) is 0 Å².